The number of benzene rings is 2. The number of rotatable bonds is 6. The average Bonchev–Trinajstić information content (AvgIpc) is 2.89. The molecule has 0 saturated heterocycles. The van der Waals surface area contributed by atoms with Crippen LogP contribution in [-0.4, -0.2) is 38.1 Å². The molecule has 30 heavy (non-hydrogen) atoms. The normalized spacial score (nSPS) is 11.6. The highest BCUT2D eigenvalue weighted by atomic mass is 16.5. The molecule has 152 valence electrons. The molecular formula is C26H25NO3. The molecule has 1 aliphatic rings. The second-order valence-electron chi connectivity index (χ2n) is 7.13. The second kappa shape index (κ2) is 10.3. The van der Waals surface area contributed by atoms with Gasteiger partial charge < -0.3 is 9.47 Å². The smallest absolute Gasteiger partial charge is 0.305 e. The molecule has 2 aromatic carbocycles. The lowest BCUT2D eigenvalue weighted by Gasteiger charge is -2.17. The molecule has 0 amide bonds. The number of carbonyl (C=O) groups is 1. The van der Waals surface area contributed by atoms with Crippen LogP contribution >= 0.6 is 0 Å². The number of unbranched alkanes of at least 4 members (excludes halogenated alkanes) is 1. The standard InChI is InChI=1S/C26H25NO3/c1-4-16-27(2)19-22-18-21-11-8-9-12-24(21)30-25-17-20(14-15-23(22)25)10-6-5-7-13-26(28)29-3/h1,8-9,11-12,14-15,17-18H,5,7,13,16,19H2,2-3H3. The first-order valence-corrected chi connectivity index (χ1v) is 9.90. The van der Waals surface area contributed by atoms with Crippen LogP contribution in [0.15, 0.2) is 42.5 Å². The maximum absolute atomic E-state index is 11.2. The zero-order valence-electron chi connectivity index (χ0n) is 17.4. The molecule has 0 radical (unpaired) electrons. The number of methoxy groups -OCH3 is 1. The van der Waals surface area contributed by atoms with Gasteiger partial charge in [-0.15, -0.1) is 6.42 Å². The minimum Gasteiger partial charge on any atom is -0.469 e. The fourth-order valence-corrected chi connectivity index (χ4v) is 3.25. The number of terminal acetylenes is 1. The van der Waals surface area contributed by atoms with E-state index in [0.717, 1.165) is 33.8 Å². The van der Waals surface area contributed by atoms with Crippen LogP contribution in [0.5, 0.6) is 11.5 Å². The monoisotopic (exact) mass is 399 g/mol. The molecule has 0 N–H and O–H groups in total. The van der Waals surface area contributed by atoms with Crippen molar-refractivity contribution in [2.75, 3.05) is 27.2 Å². The average molecular weight is 399 g/mol. The van der Waals surface area contributed by atoms with Crippen LogP contribution in [0.25, 0.3) is 11.6 Å². The number of fused-ring (bicyclic) bond motifs is 2. The molecular weight excluding hydrogens is 374 g/mol. The largest absolute Gasteiger partial charge is 0.469 e. The van der Waals surface area contributed by atoms with Crippen molar-refractivity contribution >= 4 is 17.6 Å². The van der Waals surface area contributed by atoms with Gasteiger partial charge in [-0.25, -0.2) is 0 Å². The van der Waals surface area contributed by atoms with Gasteiger partial charge in [0.25, 0.3) is 0 Å². The van der Waals surface area contributed by atoms with Gasteiger partial charge >= 0.3 is 5.97 Å². The first-order valence-electron chi connectivity index (χ1n) is 9.90. The van der Waals surface area contributed by atoms with E-state index in [1.165, 1.54) is 7.11 Å². The van der Waals surface area contributed by atoms with Gasteiger partial charge in [0.2, 0.25) is 0 Å². The third kappa shape index (κ3) is 5.54. The number of para-hydroxylation sites is 1. The summed E-state index contributed by atoms with van der Waals surface area (Å²) in [5.74, 6) is 10.4. The van der Waals surface area contributed by atoms with Gasteiger partial charge in [-0.1, -0.05) is 36.0 Å². The minimum atomic E-state index is -0.206. The predicted molar refractivity (Wildman–Crippen MR) is 120 cm³/mol. The van der Waals surface area contributed by atoms with E-state index in [2.05, 4.69) is 39.5 Å². The highest BCUT2D eigenvalue weighted by Crippen LogP contribution is 2.38. The zero-order chi connectivity index (χ0) is 21.3. The van der Waals surface area contributed by atoms with Crippen molar-refractivity contribution in [2.24, 2.45) is 0 Å². The Morgan fingerprint density at radius 3 is 2.83 bits per heavy atom. The summed E-state index contributed by atoms with van der Waals surface area (Å²) in [6.07, 6.45) is 9.34. The van der Waals surface area contributed by atoms with Crippen molar-refractivity contribution in [3.8, 4) is 35.7 Å². The van der Waals surface area contributed by atoms with Crippen LogP contribution < -0.4 is 4.74 Å². The van der Waals surface area contributed by atoms with E-state index in [4.69, 9.17) is 11.2 Å². The lowest BCUT2D eigenvalue weighted by atomic mass is 10.0. The summed E-state index contributed by atoms with van der Waals surface area (Å²) in [7, 11) is 3.40. The molecule has 4 nitrogen and oxygen atoms in total. The Hall–Kier alpha value is -3.47. The number of hydrogen-bond donors (Lipinski definition) is 0. The van der Waals surface area contributed by atoms with Gasteiger partial charge in [0.1, 0.15) is 11.5 Å². The van der Waals surface area contributed by atoms with Gasteiger partial charge in [-0.3, -0.25) is 9.69 Å². The van der Waals surface area contributed by atoms with E-state index in [0.29, 0.717) is 32.4 Å². The number of nitrogens with zero attached hydrogens (tertiary/aromatic N) is 1. The van der Waals surface area contributed by atoms with Crippen LogP contribution in [0, 0.1) is 24.2 Å². The van der Waals surface area contributed by atoms with Crippen LogP contribution in [0.1, 0.15) is 36.0 Å². The van der Waals surface area contributed by atoms with E-state index in [1.807, 2.05) is 43.4 Å². The molecule has 0 bridgehead atoms. The maximum Gasteiger partial charge on any atom is 0.305 e. The lowest BCUT2D eigenvalue weighted by molar-refractivity contribution is -0.140. The Morgan fingerprint density at radius 1 is 1.20 bits per heavy atom. The van der Waals surface area contributed by atoms with E-state index >= 15 is 0 Å². The van der Waals surface area contributed by atoms with E-state index in [-0.39, 0.29) is 5.97 Å². The summed E-state index contributed by atoms with van der Waals surface area (Å²) >= 11 is 0. The number of ether oxygens (including phenoxy) is 2. The van der Waals surface area contributed by atoms with Crippen LogP contribution in [0.3, 0.4) is 0 Å². The third-order valence-electron chi connectivity index (χ3n) is 4.74. The summed E-state index contributed by atoms with van der Waals surface area (Å²) < 4.78 is 10.9. The Morgan fingerprint density at radius 2 is 2.03 bits per heavy atom. The fourth-order valence-electron chi connectivity index (χ4n) is 3.25. The molecule has 0 fully saturated rings. The Bertz CT molecular complexity index is 1050. The van der Waals surface area contributed by atoms with Gasteiger partial charge in [0.15, 0.2) is 0 Å². The highest BCUT2D eigenvalue weighted by Gasteiger charge is 2.18. The van der Waals surface area contributed by atoms with Gasteiger partial charge in [0.05, 0.1) is 13.7 Å². The number of hydrogen-bond acceptors (Lipinski definition) is 4. The first-order chi connectivity index (χ1) is 14.6. The van der Waals surface area contributed by atoms with Crippen LogP contribution in [0.2, 0.25) is 0 Å². The Kier molecular flexibility index (Phi) is 7.33. The molecule has 1 heterocycles. The van der Waals surface area contributed by atoms with E-state index in [9.17, 15) is 4.79 Å². The third-order valence-corrected chi connectivity index (χ3v) is 4.74. The van der Waals surface area contributed by atoms with Crippen molar-refractivity contribution < 1.29 is 14.3 Å². The SMILES string of the molecule is C#CCN(C)CC1=Cc2ccccc2Oc2cc(C#CCCCC(=O)OC)ccc21. The summed E-state index contributed by atoms with van der Waals surface area (Å²) in [4.78, 5) is 13.3. The molecule has 0 saturated carbocycles. The summed E-state index contributed by atoms with van der Waals surface area (Å²) in [6, 6.07) is 14.0. The van der Waals surface area contributed by atoms with Crippen LogP contribution in [-0.2, 0) is 9.53 Å². The summed E-state index contributed by atoms with van der Waals surface area (Å²) in [5, 5.41) is 0. The van der Waals surface area contributed by atoms with Crippen molar-refractivity contribution in [1.82, 2.24) is 4.90 Å². The van der Waals surface area contributed by atoms with Crippen molar-refractivity contribution in [3.05, 3.63) is 59.2 Å². The lowest BCUT2D eigenvalue weighted by Crippen LogP contribution is -2.20. The zero-order valence-corrected chi connectivity index (χ0v) is 17.4. The van der Waals surface area contributed by atoms with E-state index in [1.54, 1.807) is 0 Å². The summed E-state index contributed by atoms with van der Waals surface area (Å²) in [5.41, 5.74) is 4.09. The van der Waals surface area contributed by atoms with Crippen molar-refractivity contribution in [1.29, 1.82) is 0 Å². The minimum absolute atomic E-state index is 0.206. The predicted octanol–water partition coefficient (Wildman–Crippen LogP) is 4.59. The second-order valence-corrected chi connectivity index (χ2v) is 7.13. The van der Waals surface area contributed by atoms with Crippen LogP contribution in [0.4, 0.5) is 0 Å². The first kappa shape index (κ1) is 21.2. The Balaban J connectivity index is 1.85. The number of carbonyl (C=O) groups excluding carboxylic acids is 1. The molecule has 0 spiro atoms. The van der Waals surface area contributed by atoms with Gasteiger partial charge in [-0.05, 0) is 49.4 Å². The van der Waals surface area contributed by atoms with E-state index < -0.39 is 0 Å². The molecule has 0 unspecified atom stereocenters. The molecule has 0 aliphatic carbocycles. The quantitative estimate of drug-likeness (QED) is 0.405. The molecule has 2 aromatic rings. The summed E-state index contributed by atoms with van der Waals surface area (Å²) in [6.45, 7) is 1.29. The molecule has 0 atom stereocenters. The van der Waals surface area contributed by atoms with Crippen molar-refractivity contribution in [3.63, 3.8) is 0 Å². The maximum atomic E-state index is 11.2. The highest BCUT2D eigenvalue weighted by molar-refractivity contribution is 5.88. The molecule has 1 aliphatic heterocycles. The molecule has 3 rings (SSSR count). The molecule has 4 heteroatoms. The fraction of sp³-hybridized carbons (Fsp3) is 0.269. The number of esters is 1. The molecule has 0 aromatic heterocycles. The van der Waals surface area contributed by atoms with Gasteiger partial charge in [-0.2, -0.15) is 0 Å². The topological polar surface area (TPSA) is 38.8 Å². The Labute approximate surface area is 178 Å². The number of likely N-dealkylation sites (N-methyl/N-ethyl adjacent to an activating group) is 1. The van der Waals surface area contributed by atoms with Crippen molar-refractivity contribution in [2.45, 2.75) is 19.3 Å². The van der Waals surface area contributed by atoms with Gasteiger partial charge in [0, 0.05) is 36.1 Å².